The number of hydrogen-bond acceptors (Lipinski definition) is 2. The van der Waals surface area contributed by atoms with E-state index in [0.29, 0.717) is 0 Å². The summed E-state index contributed by atoms with van der Waals surface area (Å²) in [4.78, 5) is 0. The minimum Gasteiger partial charge on any atom is -0.348 e. The zero-order chi connectivity index (χ0) is 15.2. The molecule has 1 aliphatic rings. The summed E-state index contributed by atoms with van der Waals surface area (Å²) in [5.74, 6) is -0.266. The van der Waals surface area contributed by atoms with E-state index < -0.39 is 0 Å². The molecule has 1 rings (SSSR count). The second-order valence-electron chi connectivity index (χ2n) is 6.82. The van der Waals surface area contributed by atoms with Crippen LogP contribution >= 0.6 is 0 Å². The van der Waals surface area contributed by atoms with Crippen LogP contribution in [0.2, 0.25) is 0 Å². The molecule has 0 aromatic rings. The summed E-state index contributed by atoms with van der Waals surface area (Å²) in [5, 5.41) is 0. The molecule has 0 N–H and O–H groups in total. The average molecular weight is 299 g/mol. The molecular formula is C19H38O2. The van der Waals surface area contributed by atoms with Gasteiger partial charge in [0.1, 0.15) is 0 Å². The van der Waals surface area contributed by atoms with Gasteiger partial charge in [-0.25, -0.2) is 0 Å². The van der Waals surface area contributed by atoms with Crippen LogP contribution in [0, 0.1) is 0 Å². The fourth-order valence-corrected chi connectivity index (χ4v) is 3.17. The second kappa shape index (κ2) is 12.5. The minimum absolute atomic E-state index is 0.266. The van der Waals surface area contributed by atoms with E-state index in [0.717, 1.165) is 19.6 Å². The lowest BCUT2D eigenvalue weighted by atomic mass is 10.0. The normalized spacial score (nSPS) is 17.4. The Balaban J connectivity index is 1.73. The maximum absolute atomic E-state index is 5.63. The number of rotatable bonds is 14. The van der Waals surface area contributed by atoms with Crippen LogP contribution in [0.4, 0.5) is 0 Å². The van der Waals surface area contributed by atoms with Crippen molar-refractivity contribution in [1.29, 1.82) is 0 Å². The van der Waals surface area contributed by atoms with Gasteiger partial charge < -0.3 is 9.47 Å². The van der Waals surface area contributed by atoms with Crippen LogP contribution in [0.3, 0.4) is 0 Å². The molecule has 0 spiro atoms. The van der Waals surface area contributed by atoms with E-state index in [-0.39, 0.29) is 5.79 Å². The Morgan fingerprint density at radius 1 is 0.619 bits per heavy atom. The van der Waals surface area contributed by atoms with Crippen LogP contribution in [-0.2, 0) is 9.47 Å². The van der Waals surface area contributed by atoms with E-state index in [1.54, 1.807) is 0 Å². The van der Waals surface area contributed by atoms with Gasteiger partial charge in [-0.05, 0) is 13.3 Å². The van der Waals surface area contributed by atoms with E-state index in [2.05, 4.69) is 13.8 Å². The molecule has 2 nitrogen and oxygen atoms in total. The van der Waals surface area contributed by atoms with Crippen molar-refractivity contribution >= 4 is 0 Å². The summed E-state index contributed by atoms with van der Waals surface area (Å²) in [6.45, 7) is 5.92. The average Bonchev–Trinajstić information content (AvgIpc) is 2.91. The van der Waals surface area contributed by atoms with Crippen LogP contribution in [0.25, 0.3) is 0 Å². The zero-order valence-electron chi connectivity index (χ0n) is 14.6. The predicted octanol–water partition coefficient (Wildman–Crippen LogP) is 6.23. The van der Waals surface area contributed by atoms with Crippen molar-refractivity contribution in [3.63, 3.8) is 0 Å². The fourth-order valence-electron chi connectivity index (χ4n) is 3.17. The van der Waals surface area contributed by atoms with Crippen LogP contribution in [0.1, 0.15) is 104 Å². The van der Waals surface area contributed by atoms with Crippen LogP contribution in [0.5, 0.6) is 0 Å². The van der Waals surface area contributed by atoms with E-state index in [1.165, 1.54) is 83.5 Å². The smallest absolute Gasteiger partial charge is 0.165 e. The number of unbranched alkanes of at least 4 members (excludes halogenated alkanes) is 12. The van der Waals surface area contributed by atoms with Crippen LogP contribution in [0.15, 0.2) is 0 Å². The molecule has 0 saturated carbocycles. The molecule has 0 atom stereocenters. The van der Waals surface area contributed by atoms with Gasteiger partial charge in [0.25, 0.3) is 0 Å². The van der Waals surface area contributed by atoms with Crippen molar-refractivity contribution < 1.29 is 9.47 Å². The highest BCUT2D eigenvalue weighted by molar-refractivity contribution is 4.67. The Morgan fingerprint density at radius 3 is 1.43 bits per heavy atom. The standard InChI is InChI=1S/C19H38O2/c1-3-4-5-6-7-8-9-10-11-12-13-14-15-16-19(2)20-17-18-21-19/h3-18H2,1-2H3. The van der Waals surface area contributed by atoms with Crippen molar-refractivity contribution in [2.24, 2.45) is 0 Å². The molecule has 0 amide bonds. The molecule has 0 aromatic heterocycles. The Kier molecular flexibility index (Phi) is 11.3. The topological polar surface area (TPSA) is 18.5 Å². The third kappa shape index (κ3) is 10.3. The Labute approximate surface area is 133 Å². The van der Waals surface area contributed by atoms with E-state index in [1.807, 2.05) is 0 Å². The van der Waals surface area contributed by atoms with Crippen LogP contribution in [-0.4, -0.2) is 19.0 Å². The van der Waals surface area contributed by atoms with Gasteiger partial charge in [-0.3, -0.25) is 0 Å². The van der Waals surface area contributed by atoms with E-state index in [9.17, 15) is 0 Å². The highest BCUT2D eigenvalue weighted by Gasteiger charge is 2.29. The van der Waals surface area contributed by atoms with Gasteiger partial charge in [0.2, 0.25) is 0 Å². The Bertz CT molecular complexity index is 222. The first-order valence-electron chi connectivity index (χ1n) is 9.55. The molecule has 0 aromatic carbocycles. The maximum atomic E-state index is 5.63. The van der Waals surface area contributed by atoms with Crippen molar-refractivity contribution in [2.45, 2.75) is 110 Å². The van der Waals surface area contributed by atoms with E-state index >= 15 is 0 Å². The molecule has 1 saturated heterocycles. The quantitative estimate of drug-likeness (QED) is 0.354. The van der Waals surface area contributed by atoms with Crippen molar-refractivity contribution in [2.75, 3.05) is 13.2 Å². The minimum atomic E-state index is -0.266. The molecule has 0 unspecified atom stereocenters. The number of hydrogen-bond donors (Lipinski definition) is 0. The zero-order valence-corrected chi connectivity index (χ0v) is 14.6. The van der Waals surface area contributed by atoms with Gasteiger partial charge in [0.05, 0.1) is 13.2 Å². The van der Waals surface area contributed by atoms with Gasteiger partial charge >= 0.3 is 0 Å². The molecule has 0 aliphatic carbocycles. The lowest BCUT2D eigenvalue weighted by Crippen LogP contribution is -2.24. The lowest BCUT2D eigenvalue weighted by molar-refractivity contribution is -0.147. The molecule has 1 fully saturated rings. The molecule has 21 heavy (non-hydrogen) atoms. The van der Waals surface area contributed by atoms with Gasteiger partial charge in [-0.1, -0.05) is 84.0 Å². The number of ether oxygens (including phenoxy) is 2. The van der Waals surface area contributed by atoms with Crippen molar-refractivity contribution in [3.8, 4) is 0 Å². The third-order valence-corrected chi connectivity index (χ3v) is 4.63. The molecule has 1 aliphatic heterocycles. The first-order chi connectivity index (χ1) is 10.3. The molecular weight excluding hydrogens is 260 g/mol. The fraction of sp³-hybridized carbons (Fsp3) is 1.00. The molecule has 2 heteroatoms. The predicted molar refractivity (Wildman–Crippen MR) is 90.6 cm³/mol. The summed E-state index contributed by atoms with van der Waals surface area (Å²) in [6, 6.07) is 0. The third-order valence-electron chi connectivity index (χ3n) is 4.63. The summed E-state index contributed by atoms with van der Waals surface area (Å²) in [6.07, 6.45) is 19.4. The molecule has 126 valence electrons. The van der Waals surface area contributed by atoms with Crippen molar-refractivity contribution in [3.05, 3.63) is 0 Å². The van der Waals surface area contributed by atoms with Crippen molar-refractivity contribution in [1.82, 2.24) is 0 Å². The monoisotopic (exact) mass is 298 g/mol. The van der Waals surface area contributed by atoms with Gasteiger partial charge in [-0.2, -0.15) is 0 Å². The first kappa shape index (κ1) is 19.0. The first-order valence-corrected chi connectivity index (χ1v) is 9.55. The van der Waals surface area contributed by atoms with Gasteiger partial charge in [0.15, 0.2) is 5.79 Å². The highest BCUT2D eigenvalue weighted by atomic mass is 16.7. The lowest BCUT2D eigenvalue weighted by Gasteiger charge is -2.21. The summed E-state index contributed by atoms with van der Waals surface area (Å²) in [7, 11) is 0. The SMILES string of the molecule is CCCCCCCCCCCCCCCC1(C)OCCO1. The van der Waals surface area contributed by atoms with Crippen LogP contribution < -0.4 is 0 Å². The molecule has 1 heterocycles. The Hall–Kier alpha value is -0.0800. The largest absolute Gasteiger partial charge is 0.348 e. The summed E-state index contributed by atoms with van der Waals surface area (Å²) >= 11 is 0. The molecule has 0 bridgehead atoms. The summed E-state index contributed by atoms with van der Waals surface area (Å²) in [5.41, 5.74) is 0. The van der Waals surface area contributed by atoms with Gasteiger partial charge in [-0.15, -0.1) is 0 Å². The Morgan fingerprint density at radius 2 is 1.00 bits per heavy atom. The van der Waals surface area contributed by atoms with E-state index in [4.69, 9.17) is 9.47 Å². The highest BCUT2D eigenvalue weighted by Crippen LogP contribution is 2.25. The second-order valence-corrected chi connectivity index (χ2v) is 6.82. The summed E-state index contributed by atoms with van der Waals surface area (Å²) < 4.78 is 11.3. The maximum Gasteiger partial charge on any atom is 0.165 e. The molecule has 0 radical (unpaired) electrons. The van der Waals surface area contributed by atoms with Gasteiger partial charge in [0, 0.05) is 6.42 Å².